The van der Waals surface area contributed by atoms with Gasteiger partial charge in [0.2, 0.25) is 0 Å². The summed E-state index contributed by atoms with van der Waals surface area (Å²) in [5.74, 6) is -2.99. The molecule has 36 heavy (non-hydrogen) atoms. The van der Waals surface area contributed by atoms with Gasteiger partial charge in [-0.25, -0.2) is 23.7 Å². The average Bonchev–Trinajstić information content (AvgIpc) is 3.45. The molecule has 5 rings (SSSR count). The second-order valence-corrected chi connectivity index (χ2v) is 10.3. The van der Waals surface area contributed by atoms with Gasteiger partial charge in [0.15, 0.2) is 0 Å². The van der Waals surface area contributed by atoms with Crippen LogP contribution < -0.4 is 11.4 Å². The van der Waals surface area contributed by atoms with E-state index in [9.17, 15) is 9.59 Å². The Morgan fingerprint density at radius 2 is 1.81 bits per heavy atom. The Labute approximate surface area is 212 Å². The summed E-state index contributed by atoms with van der Waals surface area (Å²) in [5.41, 5.74) is 0.718. The van der Waals surface area contributed by atoms with Gasteiger partial charge in [-0.15, -0.1) is 0 Å². The van der Waals surface area contributed by atoms with Crippen molar-refractivity contribution < 1.29 is 24.5 Å². The molecule has 0 aromatic carbocycles. The first kappa shape index (κ1) is 26.2. The van der Waals surface area contributed by atoms with Crippen LogP contribution in [-0.2, 0) is 40.4 Å². The topological polar surface area (TPSA) is 144 Å². The maximum absolute atomic E-state index is 12.7. The number of fused-ring (bicyclic) bond motifs is 3. The standard InChI is InChI=1S/C22H30N4O3S.C2H2O4/c27-21-23-20-4-1-2-8-25(20)22(28)26(21)10-3-9-24-17-5-6-18(24)13-19(12-17)29-14-16-7-11-30-15-16;3-1(4)2(5)6/h7,11,15,17-19H,1-6,8-10,12-14H2;(H,3,4)(H,5,6). The van der Waals surface area contributed by atoms with E-state index in [2.05, 4.69) is 26.7 Å². The maximum atomic E-state index is 12.7. The Hall–Kier alpha value is -2.83. The predicted octanol–water partition coefficient (Wildman–Crippen LogP) is 1.56. The van der Waals surface area contributed by atoms with Crippen LogP contribution in [0.3, 0.4) is 0 Å². The van der Waals surface area contributed by atoms with Gasteiger partial charge in [-0.3, -0.25) is 9.47 Å². The van der Waals surface area contributed by atoms with Gasteiger partial charge in [0, 0.05) is 38.1 Å². The molecule has 2 atom stereocenters. The van der Waals surface area contributed by atoms with Crippen molar-refractivity contribution in [3.05, 3.63) is 49.2 Å². The molecule has 2 N–H and O–H groups in total. The largest absolute Gasteiger partial charge is 0.473 e. The molecule has 2 fully saturated rings. The Balaban J connectivity index is 0.000000455. The molecule has 3 aliphatic heterocycles. The van der Waals surface area contributed by atoms with Gasteiger partial charge in [0.25, 0.3) is 0 Å². The van der Waals surface area contributed by atoms with E-state index in [0.717, 1.165) is 45.1 Å². The number of piperidine rings is 1. The molecule has 12 heteroatoms. The highest BCUT2D eigenvalue weighted by molar-refractivity contribution is 7.07. The summed E-state index contributed by atoms with van der Waals surface area (Å²) in [5, 5.41) is 19.0. The van der Waals surface area contributed by atoms with E-state index in [0.29, 0.717) is 43.7 Å². The smallest absolute Gasteiger partial charge is 0.414 e. The van der Waals surface area contributed by atoms with Crippen molar-refractivity contribution in [1.82, 2.24) is 19.0 Å². The van der Waals surface area contributed by atoms with Gasteiger partial charge in [0.1, 0.15) is 5.82 Å². The van der Waals surface area contributed by atoms with Gasteiger partial charge in [-0.2, -0.15) is 16.3 Å². The minimum atomic E-state index is -1.82. The molecule has 196 valence electrons. The molecule has 11 nitrogen and oxygen atoms in total. The summed E-state index contributed by atoms with van der Waals surface area (Å²) in [6.45, 7) is 2.79. The highest BCUT2D eigenvalue weighted by atomic mass is 32.1. The molecule has 2 unspecified atom stereocenters. The SMILES string of the molecule is O=C(O)C(=O)O.O=c1nc2n(c(=O)n1CCCN1C3CCC1CC(OCc1ccsc1)C3)CCCC2. The number of aliphatic carboxylic acids is 2. The molecule has 3 aliphatic rings. The quantitative estimate of drug-likeness (QED) is 0.520. The van der Waals surface area contributed by atoms with Crippen LogP contribution in [0.5, 0.6) is 0 Å². The first-order valence-electron chi connectivity index (χ1n) is 12.4. The predicted molar refractivity (Wildman–Crippen MR) is 131 cm³/mol. The van der Waals surface area contributed by atoms with Crippen LogP contribution in [0, 0.1) is 0 Å². The zero-order valence-corrected chi connectivity index (χ0v) is 20.9. The van der Waals surface area contributed by atoms with Crippen molar-refractivity contribution in [3.8, 4) is 0 Å². The van der Waals surface area contributed by atoms with E-state index in [4.69, 9.17) is 24.5 Å². The number of rotatable bonds is 7. The van der Waals surface area contributed by atoms with Crippen LogP contribution in [0.25, 0.3) is 0 Å². The van der Waals surface area contributed by atoms with Crippen molar-refractivity contribution in [1.29, 1.82) is 0 Å². The van der Waals surface area contributed by atoms with Crippen LogP contribution in [0.2, 0.25) is 0 Å². The van der Waals surface area contributed by atoms with Crippen molar-refractivity contribution in [3.63, 3.8) is 0 Å². The number of ether oxygens (including phenoxy) is 1. The summed E-state index contributed by atoms with van der Waals surface area (Å²) < 4.78 is 9.24. The zero-order valence-electron chi connectivity index (χ0n) is 20.1. The summed E-state index contributed by atoms with van der Waals surface area (Å²) in [4.78, 5) is 50.1. The number of carboxylic acids is 2. The Bertz CT molecular complexity index is 1150. The summed E-state index contributed by atoms with van der Waals surface area (Å²) in [6.07, 6.45) is 8.51. The van der Waals surface area contributed by atoms with E-state index in [1.54, 1.807) is 15.9 Å². The Kier molecular flexibility index (Phi) is 8.70. The molecular weight excluding hydrogens is 488 g/mol. The summed E-state index contributed by atoms with van der Waals surface area (Å²) in [6, 6.07) is 3.26. The van der Waals surface area contributed by atoms with Gasteiger partial charge in [-0.05, 0) is 67.3 Å². The highest BCUT2D eigenvalue weighted by Crippen LogP contribution is 2.37. The lowest BCUT2D eigenvalue weighted by Gasteiger charge is -2.38. The number of carboxylic acid groups (broad SMARTS) is 2. The number of aromatic nitrogens is 3. The number of thiophene rings is 1. The molecule has 2 saturated heterocycles. The minimum Gasteiger partial charge on any atom is -0.473 e. The fourth-order valence-electron chi connectivity index (χ4n) is 5.45. The second-order valence-electron chi connectivity index (χ2n) is 9.48. The molecule has 0 spiro atoms. The van der Waals surface area contributed by atoms with Crippen LogP contribution in [-0.4, -0.2) is 65.9 Å². The molecule has 2 aromatic rings. The van der Waals surface area contributed by atoms with Crippen LogP contribution in [0.15, 0.2) is 26.4 Å². The van der Waals surface area contributed by atoms with E-state index in [-0.39, 0.29) is 11.4 Å². The van der Waals surface area contributed by atoms with Crippen molar-refractivity contribution in [2.24, 2.45) is 0 Å². The molecule has 2 bridgehead atoms. The summed E-state index contributed by atoms with van der Waals surface area (Å²) in [7, 11) is 0. The molecule has 0 aliphatic carbocycles. The summed E-state index contributed by atoms with van der Waals surface area (Å²) >= 11 is 1.72. The third kappa shape index (κ3) is 6.29. The third-order valence-electron chi connectivity index (χ3n) is 7.15. The van der Waals surface area contributed by atoms with Crippen molar-refractivity contribution in [2.45, 2.75) is 89.3 Å². The fraction of sp³-hybridized carbons (Fsp3) is 0.625. The first-order chi connectivity index (χ1) is 17.3. The number of carbonyl (C=O) groups is 2. The Morgan fingerprint density at radius 1 is 1.08 bits per heavy atom. The van der Waals surface area contributed by atoms with Crippen LogP contribution >= 0.6 is 11.3 Å². The van der Waals surface area contributed by atoms with E-state index in [1.165, 1.54) is 23.0 Å². The maximum Gasteiger partial charge on any atom is 0.414 e. The lowest BCUT2D eigenvalue weighted by atomic mass is 9.99. The molecule has 0 amide bonds. The minimum absolute atomic E-state index is 0.173. The number of hydrogen-bond donors (Lipinski definition) is 2. The lowest BCUT2D eigenvalue weighted by molar-refractivity contribution is -0.159. The zero-order chi connectivity index (χ0) is 25.7. The van der Waals surface area contributed by atoms with Crippen molar-refractivity contribution in [2.75, 3.05) is 6.54 Å². The highest BCUT2D eigenvalue weighted by Gasteiger charge is 2.40. The first-order valence-corrected chi connectivity index (χ1v) is 13.3. The third-order valence-corrected chi connectivity index (χ3v) is 7.88. The molecule has 0 radical (unpaired) electrons. The Morgan fingerprint density at radius 3 is 2.44 bits per heavy atom. The molecule has 2 aromatic heterocycles. The van der Waals surface area contributed by atoms with E-state index < -0.39 is 11.9 Å². The van der Waals surface area contributed by atoms with Gasteiger partial charge in [-0.1, -0.05) is 0 Å². The number of hydrogen-bond acceptors (Lipinski definition) is 8. The molecule has 5 heterocycles. The van der Waals surface area contributed by atoms with E-state index >= 15 is 0 Å². The second kappa shape index (κ2) is 11.9. The molecule has 0 saturated carbocycles. The molecular formula is C24H32N4O7S. The fourth-order valence-corrected chi connectivity index (χ4v) is 6.11. The number of aryl methyl sites for hydroxylation is 1. The van der Waals surface area contributed by atoms with Crippen LogP contribution in [0.1, 0.15) is 56.3 Å². The van der Waals surface area contributed by atoms with Gasteiger partial charge in [0.05, 0.1) is 12.7 Å². The monoisotopic (exact) mass is 520 g/mol. The van der Waals surface area contributed by atoms with E-state index in [1.807, 2.05) is 0 Å². The van der Waals surface area contributed by atoms with Gasteiger partial charge < -0.3 is 14.9 Å². The number of nitrogens with zero attached hydrogens (tertiary/aromatic N) is 4. The van der Waals surface area contributed by atoms with Crippen LogP contribution in [0.4, 0.5) is 0 Å². The normalized spacial score (nSPS) is 22.9. The van der Waals surface area contributed by atoms with Crippen molar-refractivity contribution >= 4 is 23.3 Å². The lowest BCUT2D eigenvalue weighted by Crippen LogP contribution is -2.47. The van der Waals surface area contributed by atoms with Gasteiger partial charge >= 0.3 is 23.3 Å². The average molecular weight is 521 g/mol.